The second-order valence-corrected chi connectivity index (χ2v) is 8.25. The number of non-ortho nitro benzene ring substituents is 1. The lowest BCUT2D eigenvalue weighted by atomic mass is 9.88. The number of fused-ring (bicyclic) bond motifs is 1. The van der Waals surface area contributed by atoms with E-state index in [4.69, 9.17) is 4.74 Å². The van der Waals surface area contributed by atoms with Crippen LogP contribution in [0.15, 0.2) is 18.2 Å². The van der Waals surface area contributed by atoms with Crippen LogP contribution in [0.3, 0.4) is 0 Å². The van der Waals surface area contributed by atoms with Crippen molar-refractivity contribution in [3.05, 3.63) is 33.9 Å². The summed E-state index contributed by atoms with van der Waals surface area (Å²) in [6.07, 6.45) is 0.475. The predicted molar refractivity (Wildman–Crippen MR) is 82.8 cm³/mol. The van der Waals surface area contributed by atoms with Gasteiger partial charge < -0.3 is 4.74 Å². The molecule has 2 rings (SSSR count). The summed E-state index contributed by atoms with van der Waals surface area (Å²) in [4.78, 5) is 10.4. The van der Waals surface area contributed by atoms with E-state index < -0.39 is 20.4 Å². The molecule has 0 saturated heterocycles. The Kier molecular flexibility index (Phi) is 4.44. The first-order chi connectivity index (χ1) is 10.1. The van der Waals surface area contributed by atoms with Crippen LogP contribution in [0.1, 0.15) is 26.3 Å². The van der Waals surface area contributed by atoms with E-state index in [0.29, 0.717) is 17.7 Å². The van der Waals surface area contributed by atoms with Gasteiger partial charge in [0, 0.05) is 23.4 Å². The van der Waals surface area contributed by atoms with Gasteiger partial charge in [0.25, 0.3) is 5.69 Å². The van der Waals surface area contributed by atoms with Crippen LogP contribution in [0.25, 0.3) is 0 Å². The van der Waals surface area contributed by atoms with Crippen LogP contribution in [0.5, 0.6) is 5.75 Å². The van der Waals surface area contributed by atoms with Gasteiger partial charge in [0.2, 0.25) is 0 Å². The van der Waals surface area contributed by atoms with Gasteiger partial charge in [0.05, 0.1) is 16.8 Å². The van der Waals surface area contributed by atoms with E-state index in [1.54, 1.807) is 13.0 Å². The largest absolute Gasteiger partial charge is 0.486 e. The Morgan fingerprint density at radius 2 is 2.14 bits per heavy atom. The van der Waals surface area contributed by atoms with Crippen LogP contribution in [0, 0.1) is 10.1 Å². The molecule has 0 aromatic heterocycles. The molecule has 0 fully saturated rings. The van der Waals surface area contributed by atoms with Crippen molar-refractivity contribution in [1.29, 1.82) is 0 Å². The molecule has 1 unspecified atom stereocenters. The zero-order valence-electron chi connectivity index (χ0n) is 12.8. The van der Waals surface area contributed by atoms with Gasteiger partial charge in [-0.25, -0.2) is 8.42 Å². The van der Waals surface area contributed by atoms with Crippen LogP contribution in [0.4, 0.5) is 5.69 Å². The highest BCUT2D eigenvalue weighted by Crippen LogP contribution is 2.35. The minimum absolute atomic E-state index is 0.00184. The molecule has 1 N–H and O–H groups in total. The van der Waals surface area contributed by atoms with Gasteiger partial charge in [-0.05, 0) is 26.3 Å². The molecule has 1 aliphatic rings. The number of nitro benzene ring substituents is 1. The maximum Gasteiger partial charge on any atom is 0.269 e. The maximum atomic E-state index is 11.6. The van der Waals surface area contributed by atoms with Crippen LogP contribution in [-0.4, -0.2) is 36.6 Å². The molecule has 0 spiro atoms. The van der Waals surface area contributed by atoms with Crippen LogP contribution < -0.4 is 10.1 Å². The molecule has 1 aliphatic heterocycles. The molecule has 0 amide bonds. The molecule has 0 bridgehead atoms. The first-order valence-electron chi connectivity index (χ1n) is 7.05. The molecule has 0 aliphatic carbocycles. The summed E-state index contributed by atoms with van der Waals surface area (Å²) in [5.41, 5.74) is 0.105. The lowest BCUT2D eigenvalue weighted by Crippen LogP contribution is -2.55. The van der Waals surface area contributed by atoms with Crippen LogP contribution >= 0.6 is 0 Å². The first-order valence-corrected chi connectivity index (χ1v) is 8.87. The van der Waals surface area contributed by atoms with Crippen molar-refractivity contribution >= 4 is 15.5 Å². The fourth-order valence-electron chi connectivity index (χ4n) is 2.41. The third kappa shape index (κ3) is 3.56. The van der Waals surface area contributed by atoms with Gasteiger partial charge in [0.15, 0.2) is 9.84 Å². The third-order valence-electron chi connectivity index (χ3n) is 3.88. The monoisotopic (exact) mass is 328 g/mol. The molecule has 22 heavy (non-hydrogen) atoms. The third-order valence-corrected chi connectivity index (χ3v) is 5.37. The van der Waals surface area contributed by atoms with Crippen molar-refractivity contribution in [3.8, 4) is 5.75 Å². The fourth-order valence-corrected chi connectivity index (χ4v) is 3.07. The Balaban J connectivity index is 2.23. The predicted octanol–water partition coefficient (Wildman–Crippen LogP) is 1.66. The maximum absolute atomic E-state index is 11.6. The van der Waals surface area contributed by atoms with E-state index in [0.717, 1.165) is 0 Å². The van der Waals surface area contributed by atoms with Crippen molar-refractivity contribution in [2.24, 2.45) is 0 Å². The number of nitrogens with zero attached hydrogens (tertiary/aromatic N) is 1. The van der Waals surface area contributed by atoms with E-state index >= 15 is 0 Å². The number of hydrogen-bond donors (Lipinski definition) is 1. The average Bonchev–Trinajstić information content (AvgIpc) is 2.43. The topological polar surface area (TPSA) is 98.5 Å². The van der Waals surface area contributed by atoms with E-state index in [1.165, 1.54) is 12.1 Å². The lowest BCUT2D eigenvalue weighted by molar-refractivity contribution is -0.385. The van der Waals surface area contributed by atoms with Gasteiger partial charge in [-0.1, -0.05) is 6.92 Å². The van der Waals surface area contributed by atoms with Crippen LogP contribution in [0.2, 0.25) is 0 Å². The van der Waals surface area contributed by atoms with Crippen molar-refractivity contribution in [2.45, 2.75) is 38.8 Å². The average molecular weight is 328 g/mol. The van der Waals surface area contributed by atoms with Gasteiger partial charge in [0.1, 0.15) is 11.4 Å². The van der Waals surface area contributed by atoms with E-state index in [-0.39, 0.29) is 23.4 Å². The number of ether oxygens (including phenoxy) is 1. The summed E-state index contributed by atoms with van der Waals surface area (Å²) in [5.74, 6) is 0.536. The number of sulfone groups is 1. The highest BCUT2D eigenvalue weighted by atomic mass is 32.2. The molecule has 8 heteroatoms. The normalized spacial score (nSPS) is 20.0. The van der Waals surface area contributed by atoms with Gasteiger partial charge in [-0.2, -0.15) is 0 Å². The summed E-state index contributed by atoms with van der Waals surface area (Å²) < 4.78 is 29.2. The molecule has 0 radical (unpaired) electrons. The summed E-state index contributed by atoms with van der Waals surface area (Å²) in [5, 5.41) is 13.9. The fraction of sp³-hybridized carbons (Fsp3) is 0.571. The second-order valence-electron chi connectivity index (χ2n) is 5.89. The summed E-state index contributed by atoms with van der Waals surface area (Å²) in [6.45, 7) is 5.33. The Bertz CT molecular complexity index is 684. The lowest BCUT2D eigenvalue weighted by Gasteiger charge is -2.40. The zero-order chi connectivity index (χ0) is 16.5. The SMILES string of the molecule is CCS(=O)(=O)CNC1Cc2cc([N+](=O)[O-])ccc2OC1(C)C. The van der Waals surface area contributed by atoms with Crippen molar-refractivity contribution in [1.82, 2.24) is 5.32 Å². The molecule has 0 saturated carbocycles. The van der Waals surface area contributed by atoms with Crippen molar-refractivity contribution in [3.63, 3.8) is 0 Å². The summed E-state index contributed by atoms with van der Waals surface area (Å²) in [6, 6.07) is 4.23. The molecule has 1 heterocycles. The van der Waals surface area contributed by atoms with Crippen molar-refractivity contribution < 1.29 is 18.1 Å². The standard InChI is InChI=1S/C14H20N2O5S/c1-4-22(19,20)9-15-13-8-10-7-11(16(17)18)5-6-12(10)21-14(13,2)3/h5-7,13,15H,4,8-9H2,1-3H3. The smallest absolute Gasteiger partial charge is 0.269 e. The minimum Gasteiger partial charge on any atom is -0.486 e. The Morgan fingerprint density at radius 1 is 1.45 bits per heavy atom. The highest BCUT2D eigenvalue weighted by molar-refractivity contribution is 7.91. The first kappa shape index (κ1) is 16.7. The van der Waals surface area contributed by atoms with Gasteiger partial charge >= 0.3 is 0 Å². The minimum atomic E-state index is -3.14. The van der Waals surface area contributed by atoms with Gasteiger partial charge in [-0.15, -0.1) is 0 Å². The quantitative estimate of drug-likeness (QED) is 0.652. The molecule has 1 aromatic rings. The number of benzene rings is 1. The summed E-state index contributed by atoms with van der Waals surface area (Å²) >= 11 is 0. The number of hydrogen-bond acceptors (Lipinski definition) is 6. The summed E-state index contributed by atoms with van der Waals surface area (Å²) in [7, 11) is -3.14. The highest BCUT2D eigenvalue weighted by Gasteiger charge is 2.37. The van der Waals surface area contributed by atoms with Crippen LogP contribution in [-0.2, 0) is 16.3 Å². The molecule has 7 nitrogen and oxygen atoms in total. The molecule has 1 atom stereocenters. The number of rotatable bonds is 5. The van der Waals surface area contributed by atoms with E-state index in [1.807, 2.05) is 13.8 Å². The number of nitro groups is 1. The van der Waals surface area contributed by atoms with E-state index in [9.17, 15) is 18.5 Å². The molecule has 1 aromatic carbocycles. The molecule has 122 valence electrons. The Morgan fingerprint density at radius 3 is 2.73 bits per heavy atom. The molecular formula is C14H20N2O5S. The van der Waals surface area contributed by atoms with Gasteiger partial charge in [-0.3, -0.25) is 15.4 Å². The zero-order valence-corrected chi connectivity index (χ0v) is 13.6. The Hall–Kier alpha value is -1.67. The van der Waals surface area contributed by atoms with E-state index in [2.05, 4.69) is 5.32 Å². The number of nitrogens with one attached hydrogen (secondary N) is 1. The van der Waals surface area contributed by atoms with Crippen molar-refractivity contribution in [2.75, 3.05) is 11.6 Å². The molecular weight excluding hydrogens is 308 g/mol. The Labute approximate surface area is 129 Å². The second kappa shape index (κ2) is 5.85.